The van der Waals surface area contributed by atoms with Gasteiger partial charge in [-0.05, 0) is 31.2 Å². The van der Waals surface area contributed by atoms with Crippen molar-refractivity contribution in [3.05, 3.63) is 52.4 Å². The molecule has 0 spiro atoms. The van der Waals surface area contributed by atoms with Gasteiger partial charge in [-0.1, -0.05) is 29.3 Å². The Hall–Kier alpha value is -1.65. The van der Waals surface area contributed by atoms with Gasteiger partial charge in [-0.3, -0.25) is 4.79 Å². The van der Waals surface area contributed by atoms with E-state index in [2.05, 4.69) is 5.32 Å². The summed E-state index contributed by atoms with van der Waals surface area (Å²) < 4.78 is 10.5. The number of carbonyl (C=O) groups is 1. The van der Waals surface area contributed by atoms with Crippen molar-refractivity contribution in [2.45, 2.75) is 13.0 Å². The highest BCUT2D eigenvalue weighted by molar-refractivity contribution is 6.42. The summed E-state index contributed by atoms with van der Waals surface area (Å²) in [6.07, 6.45) is 1.56. The fourth-order valence-electron chi connectivity index (χ4n) is 1.63. The zero-order chi connectivity index (χ0) is 14.5. The fourth-order valence-corrected chi connectivity index (χ4v) is 1.98. The first kappa shape index (κ1) is 14.8. The molecule has 4 nitrogen and oxygen atoms in total. The lowest BCUT2D eigenvalue weighted by Crippen LogP contribution is -2.31. The summed E-state index contributed by atoms with van der Waals surface area (Å²) >= 11 is 11.8. The quantitative estimate of drug-likeness (QED) is 0.912. The minimum Gasteiger partial charge on any atom is -0.482 e. The third-order valence-electron chi connectivity index (χ3n) is 2.62. The zero-order valence-corrected chi connectivity index (χ0v) is 12.2. The fraction of sp³-hybridized carbons (Fsp3) is 0.214. The van der Waals surface area contributed by atoms with Crippen molar-refractivity contribution in [2.75, 3.05) is 6.61 Å². The molecule has 0 radical (unpaired) electrons. The lowest BCUT2D eigenvalue weighted by Gasteiger charge is -2.12. The summed E-state index contributed by atoms with van der Waals surface area (Å²) in [5.41, 5.74) is 0. The molecule has 2 rings (SSSR count). The molecular formula is C14H13Cl2NO3. The number of rotatable bonds is 5. The smallest absolute Gasteiger partial charge is 0.258 e. The second-order valence-electron chi connectivity index (χ2n) is 4.15. The minimum absolute atomic E-state index is 0.148. The first-order valence-electron chi connectivity index (χ1n) is 5.97. The Bertz CT molecular complexity index is 584. The van der Waals surface area contributed by atoms with Crippen molar-refractivity contribution in [3.8, 4) is 5.75 Å². The number of hydrogen-bond donors (Lipinski definition) is 1. The Kier molecular flexibility index (Phi) is 4.93. The average Bonchev–Trinajstić information content (AvgIpc) is 2.94. The molecule has 1 heterocycles. The van der Waals surface area contributed by atoms with Crippen molar-refractivity contribution in [1.82, 2.24) is 5.32 Å². The van der Waals surface area contributed by atoms with Crippen LogP contribution < -0.4 is 10.1 Å². The largest absolute Gasteiger partial charge is 0.482 e. The Labute approximate surface area is 126 Å². The van der Waals surface area contributed by atoms with Crippen LogP contribution in [0.5, 0.6) is 5.75 Å². The predicted molar refractivity (Wildman–Crippen MR) is 77.2 cm³/mol. The van der Waals surface area contributed by atoms with E-state index in [4.69, 9.17) is 32.4 Å². The van der Waals surface area contributed by atoms with E-state index in [-0.39, 0.29) is 18.6 Å². The number of hydrogen-bond acceptors (Lipinski definition) is 3. The molecule has 0 saturated carbocycles. The van der Waals surface area contributed by atoms with Gasteiger partial charge in [-0.15, -0.1) is 0 Å². The molecule has 1 N–H and O–H groups in total. The van der Waals surface area contributed by atoms with Crippen LogP contribution in [0.25, 0.3) is 0 Å². The van der Waals surface area contributed by atoms with Crippen molar-refractivity contribution < 1.29 is 13.9 Å². The number of halogens is 2. The standard InChI is InChI=1S/C14H13Cl2NO3/c1-9(11-6-3-7-19-11)17-13(18)8-20-12-5-2-4-10(15)14(12)16/h2-7,9H,8H2,1H3,(H,17,18)/t9-/m0/s1. The van der Waals surface area contributed by atoms with E-state index in [1.807, 2.05) is 6.92 Å². The topological polar surface area (TPSA) is 51.5 Å². The van der Waals surface area contributed by atoms with Crippen molar-refractivity contribution >= 4 is 29.1 Å². The van der Waals surface area contributed by atoms with Gasteiger partial charge < -0.3 is 14.5 Å². The Balaban J connectivity index is 1.88. The van der Waals surface area contributed by atoms with Crippen LogP contribution >= 0.6 is 23.2 Å². The number of benzene rings is 1. The third-order valence-corrected chi connectivity index (χ3v) is 3.42. The van der Waals surface area contributed by atoms with Gasteiger partial charge in [-0.25, -0.2) is 0 Å². The van der Waals surface area contributed by atoms with Crippen LogP contribution in [0, 0.1) is 0 Å². The number of ether oxygens (including phenoxy) is 1. The third kappa shape index (κ3) is 3.68. The lowest BCUT2D eigenvalue weighted by molar-refractivity contribution is -0.123. The maximum atomic E-state index is 11.8. The van der Waals surface area contributed by atoms with Crippen LogP contribution in [0.2, 0.25) is 10.0 Å². The highest BCUT2D eigenvalue weighted by atomic mass is 35.5. The first-order valence-corrected chi connectivity index (χ1v) is 6.73. The van der Waals surface area contributed by atoms with Crippen LogP contribution in [0.1, 0.15) is 18.7 Å². The van der Waals surface area contributed by atoms with E-state index in [1.165, 1.54) is 0 Å². The molecule has 20 heavy (non-hydrogen) atoms. The average molecular weight is 314 g/mol. The predicted octanol–water partition coefficient (Wildman–Crippen LogP) is 3.84. The summed E-state index contributed by atoms with van der Waals surface area (Å²) in [5, 5.41) is 3.43. The molecular weight excluding hydrogens is 301 g/mol. The molecule has 1 aromatic heterocycles. The van der Waals surface area contributed by atoms with E-state index in [0.29, 0.717) is 21.6 Å². The van der Waals surface area contributed by atoms with Gasteiger partial charge in [0.1, 0.15) is 16.5 Å². The van der Waals surface area contributed by atoms with Crippen LogP contribution in [-0.4, -0.2) is 12.5 Å². The molecule has 106 valence electrons. The summed E-state index contributed by atoms with van der Waals surface area (Å²) in [5.74, 6) is 0.782. The molecule has 1 atom stereocenters. The second kappa shape index (κ2) is 6.68. The van der Waals surface area contributed by atoms with Crippen molar-refractivity contribution in [2.24, 2.45) is 0 Å². The normalized spacial score (nSPS) is 11.9. The molecule has 0 fully saturated rings. The molecule has 0 saturated heterocycles. The lowest BCUT2D eigenvalue weighted by atomic mass is 10.2. The summed E-state index contributed by atoms with van der Waals surface area (Å²) in [7, 11) is 0. The molecule has 0 bridgehead atoms. The monoisotopic (exact) mass is 313 g/mol. The first-order chi connectivity index (χ1) is 9.58. The SMILES string of the molecule is C[C@H](NC(=O)COc1cccc(Cl)c1Cl)c1ccco1. The number of amides is 1. The number of nitrogens with one attached hydrogen (secondary N) is 1. The number of furan rings is 1. The Morgan fingerprint density at radius 3 is 2.85 bits per heavy atom. The van der Waals surface area contributed by atoms with Gasteiger partial charge in [0, 0.05) is 0 Å². The highest BCUT2D eigenvalue weighted by Gasteiger charge is 2.13. The molecule has 2 aromatic rings. The van der Waals surface area contributed by atoms with Gasteiger partial charge in [-0.2, -0.15) is 0 Å². The summed E-state index contributed by atoms with van der Waals surface area (Å²) in [6, 6.07) is 8.33. The van der Waals surface area contributed by atoms with Crippen LogP contribution in [0.15, 0.2) is 41.0 Å². The zero-order valence-electron chi connectivity index (χ0n) is 10.7. The van der Waals surface area contributed by atoms with E-state index < -0.39 is 0 Å². The van der Waals surface area contributed by atoms with Gasteiger partial charge in [0.15, 0.2) is 6.61 Å². The highest BCUT2D eigenvalue weighted by Crippen LogP contribution is 2.31. The van der Waals surface area contributed by atoms with Crippen LogP contribution in [0.3, 0.4) is 0 Å². The molecule has 0 aliphatic heterocycles. The van der Waals surface area contributed by atoms with E-state index in [9.17, 15) is 4.79 Å². The van der Waals surface area contributed by atoms with Crippen LogP contribution in [-0.2, 0) is 4.79 Å². The Morgan fingerprint density at radius 2 is 2.15 bits per heavy atom. The number of carbonyl (C=O) groups excluding carboxylic acids is 1. The van der Waals surface area contributed by atoms with E-state index in [1.54, 1.807) is 36.6 Å². The van der Waals surface area contributed by atoms with E-state index >= 15 is 0 Å². The minimum atomic E-state index is -0.273. The van der Waals surface area contributed by atoms with Crippen molar-refractivity contribution in [3.63, 3.8) is 0 Å². The van der Waals surface area contributed by atoms with Crippen LogP contribution in [0.4, 0.5) is 0 Å². The Morgan fingerprint density at radius 1 is 1.35 bits per heavy atom. The van der Waals surface area contributed by atoms with Crippen molar-refractivity contribution in [1.29, 1.82) is 0 Å². The molecule has 0 unspecified atom stereocenters. The molecule has 1 amide bonds. The summed E-state index contributed by atoms with van der Waals surface area (Å²) in [6.45, 7) is 1.67. The maximum absolute atomic E-state index is 11.8. The van der Waals surface area contributed by atoms with Gasteiger partial charge >= 0.3 is 0 Å². The van der Waals surface area contributed by atoms with E-state index in [0.717, 1.165) is 0 Å². The molecule has 6 heteroatoms. The van der Waals surface area contributed by atoms with Gasteiger partial charge in [0.2, 0.25) is 0 Å². The second-order valence-corrected chi connectivity index (χ2v) is 4.93. The molecule has 0 aliphatic carbocycles. The molecule has 0 aliphatic rings. The van der Waals surface area contributed by atoms with Gasteiger partial charge in [0.05, 0.1) is 17.3 Å². The molecule has 1 aromatic carbocycles. The van der Waals surface area contributed by atoms with Gasteiger partial charge in [0.25, 0.3) is 5.91 Å². The maximum Gasteiger partial charge on any atom is 0.258 e. The summed E-state index contributed by atoms with van der Waals surface area (Å²) in [4.78, 5) is 11.8.